The van der Waals surface area contributed by atoms with Crippen LogP contribution in [-0.2, 0) is 4.79 Å². The molecule has 0 spiro atoms. The van der Waals surface area contributed by atoms with E-state index in [1.54, 1.807) is 0 Å². The molecule has 0 saturated carbocycles. The summed E-state index contributed by atoms with van der Waals surface area (Å²) >= 11 is 0. The maximum Gasteiger partial charge on any atom is 0.275 e. The van der Waals surface area contributed by atoms with Crippen LogP contribution in [0.4, 0.5) is 0 Å². The van der Waals surface area contributed by atoms with Crippen LogP contribution < -0.4 is 5.32 Å². The molecule has 1 aromatic rings. The van der Waals surface area contributed by atoms with Gasteiger partial charge < -0.3 is 5.32 Å². The number of amidine groups is 1. The van der Waals surface area contributed by atoms with Crippen LogP contribution in [0.15, 0.2) is 35.0 Å². The molecule has 0 aromatic heterocycles. The largest absolute Gasteiger partial charge is 0.309 e. The van der Waals surface area contributed by atoms with Crippen LogP contribution in [0, 0.1) is 0 Å². The first-order chi connectivity index (χ1) is 8.60. The van der Waals surface area contributed by atoms with E-state index in [1.807, 2.05) is 25.1 Å². The Hall–Kier alpha value is -1.90. The van der Waals surface area contributed by atoms with E-state index in [0.717, 1.165) is 17.8 Å². The molecule has 0 radical (unpaired) electrons. The first-order valence-electron chi connectivity index (χ1n) is 6.30. The lowest BCUT2D eigenvalue weighted by atomic mass is 10.0. The molecule has 1 N–H and O–H groups in total. The van der Waals surface area contributed by atoms with Gasteiger partial charge in [0, 0.05) is 6.42 Å². The highest BCUT2D eigenvalue weighted by atomic mass is 16.2. The zero-order chi connectivity index (χ0) is 13.1. The molecule has 0 fully saturated rings. The summed E-state index contributed by atoms with van der Waals surface area (Å²) in [6.07, 6.45) is 2.57. The fourth-order valence-electron chi connectivity index (χ4n) is 1.82. The van der Waals surface area contributed by atoms with Crippen LogP contribution in [0.2, 0.25) is 0 Å². The summed E-state index contributed by atoms with van der Waals surface area (Å²) in [7, 11) is 0. The minimum Gasteiger partial charge on any atom is -0.309 e. The normalized spacial score (nSPS) is 17.2. The summed E-state index contributed by atoms with van der Waals surface area (Å²) < 4.78 is 0. The number of benzene rings is 1. The van der Waals surface area contributed by atoms with Crippen molar-refractivity contribution in [3.8, 4) is 0 Å². The molecule has 2 rings (SSSR count). The number of carbonyl (C=O) groups is 1. The van der Waals surface area contributed by atoms with Crippen molar-refractivity contribution in [2.24, 2.45) is 4.99 Å². The van der Waals surface area contributed by atoms with Gasteiger partial charge in [0.25, 0.3) is 5.91 Å². The Bertz CT molecular complexity index is 510. The number of aliphatic imine (C=N–C) groups is 1. The van der Waals surface area contributed by atoms with Crippen molar-refractivity contribution in [3.05, 3.63) is 41.1 Å². The third kappa shape index (κ3) is 2.67. The second-order valence-electron chi connectivity index (χ2n) is 4.72. The zero-order valence-corrected chi connectivity index (χ0v) is 11.0. The van der Waals surface area contributed by atoms with Crippen LogP contribution in [-0.4, -0.2) is 11.7 Å². The van der Waals surface area contributed by atoms with Crippen LogP contribution in [0.25, 0.3) is 6.08 Å². The van der Waals surface area contributed by atoms with E-state index in [2.05, 4.69) is 36.3 Å². The van der Waals surface area contributed by atoms with Gasteiger partial charge in [-0.3, -0.25) is 4.79 Å². The number of rotatable bonds is 3. The average molecular weight is 242 g/mol. The fourth-order valence-corrected chi connectivity index (χ4v) is 1.82. The predicted octanol–water partition coefficient (Wildman–Crippen LogP) is 3.09. The smallest absolute Gasteiger partial charge is 0.275 e. The number of nitrogens with zero attached hydrogens (tertiary/aromatic N) is 1. The zero-order valence-electron chi connectivity index (χ0n) is 11.0. The standard InChI is InChI=1S/C15H18N2O/c1-4-14-16-13(15(18)17-14)9-11-5-7-12(8-6-11)10(2)3/h5-10H,4H2,1-3H3,(H,16,17,18)/b13-9+. The monoisotopic (exact) mass is 242 g/mol. The van der Waals surface area contributed by atoms with Crippen LogP contribution in [0.1, 0.15) is 44.2 Å². The topological polar surface area (TPSA) is 41.5 Å². The van der Waals surface area contributed by atoms with Gasteiger partial charge in [-0.25, -0.2) is 4.99 Å². The molecule has 0 saturated heterocycles. The second kappa shape index (κ2) is 5.17. The average Bonchev–Trinajstić information content (AvgIpc) is 2.71. The van der Waals surface area contributed by atoms with E-state index in [-0.39, 0.29) is 5.91 Å². The van der Waals surface area contributed by atoms with Crippen LogP contribution >= 0.6 is 0 Å². The summed E-state index contributed by atoms with van der Waals surface area (Å²) in [5, 5.41) is 2.75. The van der Waals surface area contributed by atoms with Crippen molar-refractivity contribution in [3.63, 3.8) is 0 Å². The van der Waals surface area contributed by atoms with Crippen molar-refractivity contribution in [1.29, 1.82) is 0 Å². The molecule has 18 heavy (non-hydrogen) atoms. The summed E-state index contributed by atoms with van der Waals surface area (Å²) in [6.45, 7) is 6.30. The summed E-state index contributed by atoms with van der Waals surface area (Å²) in [5.74, 6) is 1.15. The number of carbonyl (C=O) groups excluding carboxylic acids is 1. The van der Waals surface area contributed by atoms with Gasteiger partial charge in [0.15, 0.2) is 0 Å². The Kier molecular flexibility index (Phi) is 3.60. The lowest BCUT2D eigenvalue weighted by molar-refractivity contribution is -0.115. The maximum atomic E-state index is 11.6. The maximum absolute atomic E-state index is 11.6. The molecule has 1 aromatic carbocycles. The minimum absolute atomic E-state index is 0.111. The highest BCUT2D eigenvalue weighted by Crippen LogP contribution is 2.17. The molecule has 0 bridgehead atoms. The lowest BCUT2D eigenvalue weighted by Crippen LogP contribution is -2.22. The highest BCUT2D eigenvalue weighted by Gasteiger charge is 2.18. The lowest BCUT2D eigenvalue weighted by Gasteiger charge is -2.04. The first kappa shape index (κ1) is 12.6. The second-order valence-corrected chi connectivity index (χ2v) is 4.72. The molecular weight excluding hydrogens is 224 g/mol. The van der Waals surface area contributed by atoms with E-state index in [9.17, 15) is 4.79 Å². The molecule has 0 aliphatic carbocycles. The van der Waals surface area contributed by atoms with Gasteiger partial charge in [0.05, 0.1) is 0 Å². The number of amides is 1. The Labute approximate surface area is 108 Å². The van der Waals surface area contributed by atoms with E-state index < -0.39 is 0 Å². The van der Waals surface area contributed by atoms with Gasteiger partial charge in [-0.15, -0.1) is 0 Å². The van der Waals surface area contributed by atoms with Gasteiger partial charge in [-0.05, 0) is 23.1 Å². The number of hydrogen-bond donors (Lipinski definition) is 1. The van der Waals surface area contributed by atoms with E-state index in [1.165, 1.54) is 5.56 Å². The van der Waals surface area contributed by atoms with Crippen LogP contribution in [0.5, 0.6) is 0 Å². The molecule has 94 valence electrons. The Morgan fingerprint density at radius 3 is 2.44 bits per heavy atom. The first-order valence-corrected chi connectivity index (χ1v) is 6.30. The van der Waals surface area contributed by atoms with Crippen molar-refractivity contribution in [2.45, 2.75) is 33.1 Å². The van der Waals surface area contributed by atoms with Crippen molar-refractivity contribution in [2.75, 3.05) is 0 Å². The molecule has 3 nitrogen and oxygen atoms in total. The molecule has 0 atom stereocenters. The molecular formula is C15H18N2O. The van der Waals surface area contributed by atoms with Crippen molar-refractivity contribution < 1.29 is 4.79 Å². The SMILES string of the molecule is CCC1=N/C(=C/c2ccc(C(C)C)cc2)C(=O)N1. The Morgan fingerprint density at radius 1 is 1.28 bits per heavy atom. The van der Waals surface area contributed by atoms with Gasteiger partial charge in [-0.1, -0.05) is 45.0 Å². The third-order valence-electron chi connectivity index (χ3n) is 2.99. The summed E-state index contributed by atoms with van der Waals surface area (Å²) in [6, 6.07) is 8.23. The van der Waals surface area contributed by atoms with Crippen LogP contribution in [0.3, 0.4) is 0 Å². The van der Waals surface area contributed by atoms with E-state index >= 15 is 0 Å². The van der Waals surface area contributed by atoms with Gasteiger partial charge in [0.1, 0.15) is 11.5 Å². The van der Waals surface area contributed by atoms with Crippen molar-refractivity contribution >= 4 is 17.8 Å². The van der Waals surface area contributed by atoms with Gasteiger partial charge in [-0.2, -0.15) is 0 Å². The third-order valence-corrected chi connectivity index (χ3v) is 2.99. The molecule has 1 aliphatic heterocycles. The minimum atomic E-state index is -0.111. The Balaban J connectivity index is 2.23. The highest BCUT2D eigenvalue weighted by molar-refractivity contribution is 6.14. The number of nitrogens with one attached hydrogen (secondary N) is 1. The van der Waals surface area contributed by atoms with E-state index in [4.69, 9.17) is 0 Å². The van der Waals surface area contributed by atoms with Gasteiger partial charge >= 0.3 is 0 Å². The van der Waals surface area contributed by atoms with Gasteiger partial charge in [0.2, 0.25) is 0 Å². The quantitative estimate of drug-likeness (QED) is 0.813. The fraction of sp³-hybridized carbons (Fsp3) is 0.333. The summed E-state index contributed by atoms with van der Waals surface area (Å²) in [5.41, 5.74) is 2.79. The number of hydrogen-bond acceptors (Lipinski definition) is 2. The molecule has 1 amide bonds. The van der Waals surface area contributed by atoms with E-state index in [0.29, 0.717) is 11.6 Å². The molecule has 3 heteroatoms. The predicted molar refractivity (Wildman–Crippen MR) is 74.4 cm³/mol. The van der Waals surface area contributed by atoms with Crippen molar-refractivity contribution in [1.82, 2.24) is 5.32 Å². The molecule has 1 heterocycles. The molecule has 0 unspecified atom stereocenters. The molecule has 1 aliphatic rings. The Morgan fingerprint density at radius 2 is 1.94 bits per heavy atom. The summed E-state index contributed by atoms with van der Waals surface area (Å²) in [4.78, 5) is 15.9.